The van der Waals surface area contributed by atoms with E-state index in [2.05, 4.69) is 146 Å². The molecule has 0 atom stereocenters. The largest absolute Gasteiger partial charge is 0.236 e. The standard InChI is InChI=1S/C42H26N2/c1-2-12-27(13-3-1)40-35-18-8-10-20-37(35)41(38-21-11-9-19-36(38)40)29-25-43-42(44-26-29)28-22-23-34-32-16-5-4-14-30(32)31-15-6-7-17-33(31)39(34)24-28/h1-26H. The Bertz CT molecular complexity index is 2440. The van der Waals surface area contributed by atoms with E-state index in [9.17, 15) is 0 Å². The van der Waals surface area contributed by atoms with Crippen molar-refractivity contribution < 1.29 is 0 Å². The number of rotatable bonds is 3. The minimum Gasteiger partial charge on any atom is -0.236 e. The highest BCUT2D eigenvalue weighted by Crippen LogP contribution is 2.43. The summed E-state index contributed by atoms with van der Waals surface area (Å²) in [6, 6.07) is 52.0. The van der Waals surface area contributed by atoms with Gasteiger partial charge in [-0.2, -0.15) is 0 Å². The van der Waals surface area contributed by atoms with E-state index in [4.69, 9.17) is 9.97 Å². The van der Waals surface area contributed by atoms with Crippen LogP contribution >= 0.6 is 0 Å². The Morgan fingerprint density at radius 1 is 0.273 bits per heavy atom. The zero-order chi connectivity index (χ0) is 29.0. The Kier molecular flexibility index (Phi) is 5.54. The maximum atomic E-state index is 4.96. The van der Waals surface area contributed by atoms with Gasteiger partial charge in [-0.1, -0.05) is 140 Å². The summed E-state index contributed by atoms with van der Waals surface area (Å²) in [5.41, 5.74) is 5.67. The summed E-state index contributed by atoms with van der Waals surface area (Å²) in [6.07, 6.45) is 3.98. The third-order valence-electron chi connectivity index (χ3n) is 8.94. The summed E-state index contributed by atoms with van der Waals surface area (Å²) >= 11 is 0. The van der Waals surface area contributed by atoms with Gasteiger partial charge in [0.15, 0.2) is 5.82 Å². The van der Waals surface area contributed by atoms with E-state index in [0.29, 0.717) is 0 Å². The quantitative estimate of drug-likeness (QED) is 0.159. The Balaban J connectivity index is 1.23. The van der Waals surface area contributed by atoms with Gasteiger partial charge in [-0.25, -0.2) is 9.97 Å². The minimum absolute atomic E-state index is 0.724. The van der Waals surface area contributed by atoms with Crippen molar-refractivity contribution in [3.05, 3.63) is 158 Å². The van der Waals surface area contributed by atoms with Crippen molar-refractivity contribution >= 4 is 53.9 Å². The molecule has 0 aliphatic heterocycles. The molecule has 0 fully saturated rings. The van der Waals surface area contributed by atoms with Crippen LogP contribution in [-0.2, 0) is 0 Å². The van der Waals surface area contributed by atoms with Gasteiger partial charge in [0.1, 0.15) is 0 Å². The van der Waals surface area contributed by atoms with Gasteiger partial charge < -0.3 is 0 Å². The SMILES string of the molecule is c1ccc(-c2c3ccccc3c(-c3cnc(-c4ccc5c6ccccc6c6ccccc6c5c4)nc3)c3ccccc23)cc1. The van der Waals surface area contributed by atoms with Crippen molar-refractivity contribution in [2.75, 3.05) is 0 Å². The fourth-order valence-corrected chi connectivity index (χ4v) is 7.01. The lowest BCUT2D eigenvalue weighted by Crippen LogP contribution is -1.94. The molecule has 1 heterocycles. The zero-order valence-corrected chi connectivity index (χ0v) is 23.9. The molecule has 8 aromatic carbocycles. The molecule has 0 amide bonds. The molecule has 1 aromatic heterocycles. The fraction of sp³-hybridized carbons (Fsp3) is 0. The van der Waals surface area contributed by atoms with E-state index >= 15 is 0 Å². The summed E-state index contributed by atoms with van der Waals surface area (Å²) in [7, 11) is 0. The van der Waals surface area contributed by atoms with Gasteiger partial charge in [-0.3, -0.25) is 0 Å². The maximum Gasteiger partial charge on any atom is 0.159 e. The van der Waals surface area contributed by atoms with Crippen LogP contribution in [0.25, 0.3) is 87.5 Å². The van der Waals surface area contributed by atoms with E-state index in [-0.39, 0.29) is 0 Å². The summed E-state index contributed by atoms with van der Waals surface area (Å²) in [4.78, 5) is 9.92. The monoisotopic (exact) mass is 558 g/mol. The molecule has 9 rings (SSSR count). The van der Waals surface area contributed by atoms with E-state index in [0.717, 1.165) is 17.0 Å². The Labute approximate surface area is 254 Å². The molecule has 0 radical (unpaired) electrons. The molecular formula is C42H26N2. The number of benzene rings is 8. The van der Waals surface area contributed by atoms with Crippen LogP contribution in [0, 0.1) is 0 Å². The fourth-order valence-electron chi connectivity index (χ4n) is 7.01. The predicted molar refractivity (Wildman–Crippen MR) is 186 cm³/mol. The van der Waals surface area contributed by atoms with Crippen LogP contribution in [0.3, 0.4) is 0 Å². The first-order valence-corrected chi connectivity index (χ1v) is 15.0. The average Bonchev–Trinajstić information content (AvgIpc) is 3.11. The van der Waals surface area contributed by atoms with Gasteiger partial charge >= 0.3 is 0 Å². The Morgan fingerprint density at radius 2 is 0.659 bits per heavy atom. The molecule has 44 heavy (non-hydrogen) atoms. The van der Waals surface area contributed by atoms with E-state index in [1.165, 1.54) is 70.6 Å². The average molecular weight is 559 g/mol. The van der Waals surface area contributed by atoms with Crippen molar-refractivity contribution in [1.29, 1.82) is 0 Å². The van der Waals surface area contributed by atoms with Crippen LogP contribution in [0.2, 0.25) is 0 Å². The number of hydrogen-bond acceptors (Lipinski definition) is 2. The molecule has 0 aliphatic carbocycles. The van der Waals surface area contributed by atoms with Crippen LogP contribution in [0.5, 0.6) is 0 Å². The smallest absolute Gasteiger partial charge is 0.159 e. The second-order valence-electron chi connectivity index (χ2n) is 11.4. The summed E-state index contributed by atoms with van der Waals surface area (Å²) in [6.45, 7) is 0. The summed E-state index contributed by atoms with van der Waals surface area (Å²) in [5.74, 6) is 0.724. The number of nitrogens with zero attached hydrogens (tertiary/aromatic N) is 2. The molecule has 204 valence electrons. The first-order chi connectivity index (χ1) is 21.8. The molecule has 2 heteroatoms. The third kappa shape index (κ3) is 3.75. The van der Waals surface area contributed by atoms with Crippen LogP contribution in [0.1, 0.15) is 0 Å². The first-order valence-electron chi connectivity index (χ1n) is 15.0. The first kappa shape index (κ1) is 24.7. The number of fused-ring (bicyclic) bond motifs is 8. The molecule has 0 N–H and O–H groups in total. The highest BCUT2D eigenvalue weighted by Gasteiger charge is 2.17. The van der Waals surface area contributed by atoms with E-state index < -0.39 is 0 Å². The third-order valence-corrected chi connectivity index (χ3v) is 8.94. The molecule has 2 nitrogen and oxygen atoms in total. The lowest BCUT2D eigenvalue weighted by molar-refractivity contribution is 1.18. The lowest BCUT2D eigenvalue weighted by Gasteiger charge is -2.17. The normalized spacial score (nSPS) is 11.6. The molecule has 0 spiro atoms. The summed E-state index contributed by atoms with van der Waals surface area (Å²) < 4.78 is 0. The highest BCUT2D eigenvalue weighted by molar-refractivity contribution is 6.26. The van der Waals surface area contributed by atoms with Gasteiger partial charge in [0.2, 0.25) is 0 Å². The molecule has 0 saturated carbocycles. The van der Waals surface area contributed by atoms with E-state index in [1.807, 2.05) is 12.4 Å². The van der Waals surface area contributed by atoms with Gasteiger partial charge in [0.25, 0.3) is 0 Å². The van der Waals surface area contributed by atoms with Gasteiger partial charge in [0.05, 0.1) is 0 Å². The predicted octanol–water partition coefficient (Wildman–Crippen LogP) is 11.2. The van der Waals surface area contributed by atoms with E-state index in [1.54, 1.807) is 0 Å². The Hall–Kier alpha value is -5.86. The topological polar surface area (TPSA) is 25.8 Å². The lowest BCUT2D eigenvalue weighted by atomic mass is 9.86. The van der Waals surface area contributed by atoms with Crippen LogP contribution in [-0.4, -0.2) is 9.97 Å². The maximum absolute atomic E-state index is 4.96. The van der Waals surface area contributed by atoms with Crippen LogP contribution < -0.4 is 0 Å². The molecule has 9 aromatic rings. The van der Waals surface area contributed by atoms with Crippen molar-refractivity contribution in [2.24, 2.45) is 0 Å². The number of aromatic nitrogens is 2. The van der Waals surface area contributed by atoms with Crippen molar-refractivity contribution in [3.63, 3.8) is 0 Å². The molecule has 0 saturated heterocycles. The molecule has 0 aliphatic rings. The second kappa shape index (κ2) is 9.86. The molecule has 0 unspecified atom stereocenters. The van der Waals surface area contributed by atoms with Gasteiger partial charge in [0, 0.05) is 29.1 Å². The number of hydrogen-bond donors (Lipinski definition) is 0. The Morgan fingerprint density at radius 3 is 1.16 bits per heavy atom. The van der Waals surface area contributed by atoms with Gasteiger partial charge in [-0.05, 0) is 71.1 Å². The van der Waals surface area contributed by atoms with Crippen molar-refractivity contribution in [2.45, 2.75) is 0 Å². The summed E-state index contributed by atoms with van der Waals surface area (Å²) in [5, 5.41) is 12.4. The van der Waals surface area contributed by atoms with Crippen molar-refractivity contribution in [3.8, 4) is 33.6 Å². The van der Waals surface area contributed by atoms with Crippen LogP contribution in [0.4, 0.5) is 0 Å². The second-order valence-corrected chi connectivity index (χ2v) is 11.4. The van der Waals surface area contributed by atoms with Crippen molar-refractivity contribution in [1.82, 2.24) is 9.97 Å². The zero-order valence-electron chi connectivity index (χ0n) is 23.9. The minimum atomic E-state index is 0.724. The molecular weight excluding hydrogens is 532 g/mol. The molecule has 0 bridgehead atoms. The highest BCUT2D eigenvalue weighted by atomic mass is 14.9. The van der Waals surface area contributed by atoms with Gasteiger partial charge in [-0.15, -0.1) is 0 Å². The van der Waals surface area contributed by atoms with Crippen LogP contribution in [0.15, 0.2) is 158 Å².